The number of piperazine rings is 1. The van der Waals surface area contributed by atoms with E-state index in [2.05, 4.69) is 32.4 Å². The van der Waals surface area contributed by atoms with Crippen molar-refractivity contribution in [3.8, 4) is 5.82 Å². The zero-order chi connectivity index (χ0) is 22.7. The van der Waals surface area contributed by atoms with E-state index in [0.29, 0.717) is 37.6 Å². The average molecular weight is 433 g/mol. The van der Waals surface area contributed by atoms with Crippen molar-refractivity contribution in [2.45, 2.75) is 26.4 Å². The number of aryl methyl sites for hydroxylation is 2. The number of carbonyl (C=O) groups excluding carboxylic acids is 2. The predicted octanol–water partition coefficient (Wildman–Crippen LogP) is 1.96. The highest BCUT2D eigenvalue weighted by molar-refractivity contribution is 5.94. The zero-order valence-corrected chi connectivity index (χ0v) is 18.7. The van der Waals surface area contributed by atoms with Crippen LogP contribution in [0.1, 0.15) is 27.3 Å². The number of carbonyl (C=O) groups is 2. The minimum absolute atomic E-state index is 0.0866. The standard InChI is InChI=1S/C24H28N6O2/c1-17-13-18(2)30(27-17)22-10-9-20(14-26-22)24(32)29-12-11-28(21(16-29)23(31)25-3)15-19-7-5-4-6-8-19/h4-10,13-14,21H,11-12,15-16H2,1-3H3,(H,25,31)/t21-/m1/s1. The molecule has 0 saturated carbocycles. The van der Waals surface area contributed by atoms with Crippen LogP contribution in [-0.2, 0) is 11.3 Å². The number of nitrogens with zero attached hydrogens (tertiary/aromatic N) is 5. The second kappa shape index (κ2) is 9.32. The molecule has 2 aromatic heterocycles. The van der Waals surface area contributed by atoms with Crippen molar-refractivity contribution < 1.29 is 9.59 Å². The fourth-order valence-corrected chi connectivity index (χ4v) is 4.11. The summed E-state index contributed by atoms with van der Waals surface area (Å²) in [6.45, 7) is 6.08. The second-order valence-corrected chi connectivity index (χ2v) is 8.08. The molecule has 3 heterocycles. The maximum atomic E-state index is 13.2. The van der Waals surface area contributed by atoms with E-state index in [1.807, 2.05) is 38.1 Å². The Morgan fingerprint density at radius 1 is 1.09 bits per heavy atom. The Bertz CT molecular complexity index is 1090. The molecule has 0 spiro atoms. The van der Waals surface area contributed by atoms with Gasteiger partial charge in [-0.3, -0.25) is 14.5 Å². The molecule has 4 rings (SSSR count). The Morgan fingerprint density at radius 3 is 2.50 bits per heavy atom. The van der Waals surface area contributed by atoms with Crippen molar-refractivity contribution in [2.24, 2.45) is 0 Å². The molecular formula is C24H28N6O2. The second-order valence-electron chi connectivity index (χ2n) is 8.08. The number of pyridine rings is 1. The number of benzene rings is 1. The number of likely N-dealkylation sites (N-methyl/N-ethyl adjacent to an activating group) is 1. The maximum Gasteiger partial charge on any atom is 0.255 e. The largest absolute Gasteiger partial charge is 0.358 e. The van der Waals surface area contributed by atoms with Crippen LogP contribution in [0.4, 0.5) is 0 Å². The number of hydrogen-bond donors (Lipinski definition) is 1. The first-order valence-electron chi connectivity index (χ1n) is 10.7. The summed E-state index contributed by atoms with van der Waals surface area (Å²) in [5.41, 5.74) is 3.54. The van der Waals surface area contributed by atoms with Crippen LogP contribution < -0.4 is 5.32 Å². The molecule has 1 fully saturated rings. The molecule has 166 valence electrons. The van der Waals surface area contributed by atoms with Gasteiger partial charge in [-0.05, 0) is 37.6 Å². The average Bonchev–Trinajstić information content (AvgIpc) is 3.17. The molecule has 1 saturated heterocycles. The minimum atomic E-state index is -0.403. The smallest absolute Gasteiger partial charge is 0.255 e. The monoisotopic (exact) mass is 432 g/mol. The van der Waals surface area contributed by atoms with Gasteiger partial charge in [-0.25, -0.2) is 9.67 Å². The third kappa shape index (κ3) is 4.55. The van der Waals surface area contributed by atoms with Gasteiger partial charge in [-0.15, -0.1) is 0 Å². The first-order chi connectivity index (χ1) is 15.5. The normalized spacial score (nSPS) is 16.7. The van der Waals surface area contributed by atoms with Crippen molar-refractivity contribution in [1.82, 2.24) is 29.9 Å². The number of nitrogens with one attached hydrogen (secondary N) is 1. The summed E-state index contributed by atoms with van der Waals surface area (Å²) in [5, 5.41) is 7.18. The van der Waals surface area contributed by atoms with Crippen molar-refractivity contribution in [2.75, 3.05) is 26.7 Å². The van der Waals surface area contributed by atoms with Crippen molar-refractivity contribution in [3.63, 3.8) is 0 Å². The van der Waals surface area contributed by atoms with E-state index in [4.69, 9.17) is 0 Å². The third-order valence-corrected chi connectivity index (χ3v) is 5.78. The highest BCUT2D eigenvalue weighted by Gasteiger charge is 2.34. The Balaban J connectivity index is 1.48. The molecule has 0 radical (unpaired) electrons. The Kier molecular flexibility index (Phi) is 6.32. The molecular weight excluding hydrogens is 404 g/mol. The van der Waals surface area contributed by atoms with E-state index in [-0.39, 0.29) is 11.8 Å². The summed E-state index contributed by atoms with van der Waals surface area (Å²) in [4.78, 5) is 34.1. The van der Waals surface area contributed by atoms with Crippen LogP contribution in [0, 0.1) is 13.8 Å². The van der Waals surface area contributed by atoms with Crippen LogP contribution in [0.5, 0.6) is 0 Å². The molecule has 1 aliphatic heterocycles. The van der Waals surface area contributed by atoms with E-state index in [1.54, 1.807) is 35.0 Å². The molecule has 0 aliphatic carbocycles. The van der Waals surface area contributed by atoms with Gasteiger partial charge in [0.2, 0.25) is 5.91 Å². The van der Waals surface area contributed by atoms with Crippen LogP contribution in [0.3, 0.4) is 0 Å². The summed E-state index contributed by atoms with van der Waals surface area (Å²) >= 11 is 0. The zero-order valence-electron chi connectivity index (χ0n) is 18.7. The van der Waals surface area contributed by atoms with Crippen LogP contribution in [0.15, 0.2) is 54.7 Å². The summed E-state index contributed by atoms with van der Waals surface area (Å²) < 4.78 is 1.76. The first kappa shape index (κ1) is 21.7. The highest BCUT2D eigenvalue weighted by Crippen LogP contribution is 2.18. The number of amides is 2. The van der Waals surface area contributed by atoms with Crippen molar-refractivity contribution in [1.29, 1.82) is 0 Å². The molecule has 1 aromatic carbocycles. The number of rotatable bonds is 5. The lowest BCUT2D eigenvalue weighted by molar-refractivity contribution is -0.128. The van der Waals surface area contributed by atoms with Gasteiger partial charge in [0.25, 0.3) is 5.91 Å². The van der Waals surface area contributed by atoms with Gasteiger partial charge in [0.05, 0.1) is 11.3 Å². The van der Waals surface area contributed by atoms with Crippen LogP contribution in [-0.4, -0.2) is 69.1 Å². The van der Waals surface area contributed by atoms with Gasteiger partial charge in [0, 0.05) is 45.1 Å². The van der Waals surface area contributed by atoms with Gasteiger partial charge in [0.15, 0.2) is 5.82 Å². The van der Waals surface area contributed by atoms with Gasteiger partial charge in [-0.2, -0.15) is 5.10 Å². The van der Waals surface area contributed by atoms with Gasteiger partial charge < -0.3 is 10.2 Å². The van der Waals surface area contributed by atoms with Crippen LogP contribution in [0.2, 0.25) is 0 Å². The molecule has 2 amide bonds. The molecule has 1 atom stereocenters. The predicted molar refractivity (Wildman–Crippen MR) is 121 cm³/mol. The fourth-order valence-electron chi connectivity index (χ4n) is 4.11. The van der Waals surface area contributed by atoms with Gasteiger partial charge in [-0.1, -0.05) is 30.3 Å². The maximum absolute atomic E-state index is 13.2. The van der Waals surface area contributed by atoms with Gasteiger partial charge >= 0.3 is 0 Å². The molecule has 0 bridgehead atoms. The van der Waals surface area contributed by atoms with Crippen molar-refractivity contribution >= 4 is 11.8 Å². The van der Waals surface area contributed by atoms with E-state index in [0.717, 1.165) is 17.0 Å². The lowest BCUT2D eigenvalue weighted by Gasteiger charge is -2.40. The van der Waals surface area contributed by atoms with Crippen molar-refractivity contribution in [3.05, 3.63) is 77.2 Å². The summed E-state index contributed by atoms with van der Waals surface area (Å²) in [6.07, 6.45) is 1.58. The molecule has 3 aromatic rings. The fraction of sp³-hybridized carbons (Fsp3) is 0.333. The molecule has 0 unspecified atom stereocenters. The van der Waals surface area contributed by atoms with Crippen LogP contribution in [0.25, 0.3) is 5.82 Å². The molecule has 1 aliphatic rings. The summed E-state index contributed by atoms with van der Waals surface area (Å²) in [5.74, 6) is 0.463. The summed E-state index contributed by atoms with van der Waals surface area (Å²) in [7, 11) is 1.63. The van der Waals surface area contributed by atoms with Crippen LogP contribution >= 0.6 is 0 Å². The van der Waals surface area contributed by atoms with E-state index in [9.17, 15) is 9.59 Å². The Hall–Kier alpha value is -3.52. The summed E-state index contributed by atoms with van der Waals surface area (Å²) in [6, 6.07) is 15.2. The topological polar surface area (TPSA) is 83.4 Å². The Labute approximate surface area is 187 Å². The first-order valence-corrected chi connectivity index (χ1v) is 10.7. The number of hydrogen-bond acceptors (Lipinski definition) is 5. The SMILES string of the molecule is CNC(=O)[C@H]1CN(C(=O)c2ccc(-n3nc(C)cc3C)nc2)CCN1Cc1ccccc1. The molecule has 1 N–H and O–H groups in total. The quantitative estimate of drug-likeness (QED) is 0.666. The lowest BCUT2D eigenvalue weighted by atomic mass is 10.1. The van der Waals surface area contributed by atoms with E-state index < -0.39 is 6.04 Å². The Morgan fingerprint density at radius 2 is 1.88 bits per heavy atom. The molecule has 8 nitrogen and oxygen atoms in total. The third-order valence-electron chi connectivity index (χ3n) is 5.78. The molecule has 8 heteroatoms. The number of aromatic nitrogens is 3. The highest BCUT2D eigenvalue weighted by atomic mass is 16.2. The van der Waals surface area contributed by atoms with Gasteiger partial charge in [0.1, 0.15) is 6.04 Å². The minimum Gasteiger partial charge on any atom is -0.358 e. The lowest BCUT2D eigenvalue weighted by Crippen LogP contribution is -2.59. The molecule has 32 heavy (non-hydrogen) atoms. The van der Waals surface area contributed by atoms with E-state index >= 15 is 0 Å². The van der Waals surface area contributed by atoms with E-state index in [1.165, 1.54) is 0 Å².